The number of oxazole rings is 1. The van der Waals surface area contributed by atoms with E-state index in [1.807, 2.05) is 13.2 Å². The molecule has 0 amide bonds. The molecule has 0 radical (unpaired) electrons. The van der Waals surface area contributed by atoms with Gasteiger partial charge in [0.05, 0.1) is 6.20 Å². The van der Waals surface area contributed by atoms with Crippen LogP contribution in [-0.4, -0.2) is 31.7 Å². The fourth-order valence-corrected chi connectivity index (χ4v) is 1.94. The predicted octanol–water partition coefficient (Wildman–Crippen LogP) is 0.903. The van der Waals surface area contributed by atoms with Gasteiger partial charge in [-0.25, -0.2) is 4.98 Å². The first-order chi connectivity index (χ1) is 7.40. The van der Waals surface area contributed by atoms with Crippen LogP contribution in [0, 0.1) is 0 Å². The van der Waals surface area contributed by atoms with E-state index in [2.05, 4.69) is 15.6 Å². The van der Waals surface area contributed by atoms with Crippen molar-refractivity contribution in [2.45, 2.75) is 25.2 Å². The summed E-state index contributed by atoms with van der Waals surface area (Å²) in [5.41, 5.74) is 0. The van der Waals surface area contributed by atoms with E-state index in [-0.39, 0.29) is 0 Å². The fourth-order valence-electron chi connectivity index (χ4n) is 1.94. The molecule has 2 N–H and O–H groups in total. The van der Waals surface area contributed by atoms with Gasteiger partial charge in [0.2, 0.25) is 0 Å². The molecule has 0 aromatic carbocycles. The van der Waals surface area contributed by atoms with Gasteiger partial charge in [-0.1, -0.05) is 0 Å². The van der Waals surface area contributed by atoms with E-state index in [1.165, 1.54) is 12.8 Å². The van der Waals surface area contributed by atoms with E-state index in [4.69, 9.17) is 4.42 Å². The number of nitrogens with one attached hydrogen (secondary N) is 2. The molecule has 1 aliphatic rings. The molecular weight excluding hydrogens is 190 g/mol. The standard InChI is InChI=1S/C11H19N3O/c1-12-6-4-10-8-14-11(15-10)9-3-2-5-13-7-9/h8-9,12-13H,2-7H2,1H3. The van der Waals surface area contributed by atoms with Gasteiger partial charge in [-0.05, 0) is 26.4 Å². The number of aromatic nitrogens is 1. The summed E-state index contributed by atoms with van der Waals surface area (Å²) in [5, 5.41) is 6.48. The molecule has 0 saturated carbocycles. The van der Waals surface area contributed by atoms with Gasteiger partial charge in [0.15, 0.2) is 5.89 Å². The van der Waals surface area contributed by atoms with Crippen LogP contribution in [-0.2, 0) is 6.42 Å². The normalized spacial score (nSPS) is 21.8. The maximum Gasteiger partial charge on any atom is 0.198 e. The third-order valence-corrected chi connectivity index (χ3v) is 2.84. The Bertz CT molecular complexity index is 292. The van der Waals surface area contributed by atoms with E-state index in [9.17, 15) is 0 Å². The summed E-state index contributed by atoms with van der Waals surface area (Å²) >= 11 is 0. The molecule has 1 aromatic rings. The Morgan fingerprint density at radius 3 is 3.33 bits per heavy atom. The lowest BCUT2D eigenvalue weighted by Gasteiger charge is -2.19. The number of rotatable bonds is 4. The largest absolute Gasteiger partial charge is 0.445 e. The van der Waals surface area contributed by atoms with E-state index >= 15 is 0 Å². The minimum absolute atomic E-state index is 0.474. The molecule has 1 fully saturated rings. The van der Waals surface area contributed by atoms with Crippen molar-refractivity contribution in [2.75, 3.05) is 26.7 Å². The first-order valence-electron chi connectivity index (χ1n) is 5.70. The quantitative estimate of drug-likeness (QED) is 0.773. The zero-order valence-electron chi connectivity index (χ0n) is 9.25. The maximum absolute atomic E-state index is 5.73. The predicted molar refractivity (Wildman–Crippen MR) is 59.0 cm³/mol. The van der Waals surface area contributed by atoms with E-state index < -0.39 is 0 Å². The van der Waals surface area contributed by atoms with E-state index in [0.717, 1.165) is 37.7 Å². The molecule has 2 heterocycles. The van der Waals surface area contributed by atoms with Crippen molar-refractivity contribution in [1.82, 2.24) is 15.6 Å². The molecule has 1 aromatic heterocycles. The summed E-state index contributed by atoms with van der Waals surface area (Å²) in [6.45, 7) is 3.08. The van der Waals surface area contributed by atoms with Crippen LogP contribution < -0.4 is 10.6 Å². The maximum atomic E-state index is 5.73. The van der Waals surface area contributed by atoms with Crippen molar-refractivity contribution >= 4 is 0 Å². The highest BCUT2D eigenvalue weighted by Gasteiger charge is 2.19. The van der Waals surface area contributed by atoms with Crippen molar-refractivity contribution in [3.8, 4) is 0 Å². The van der Waals surface area contributed by atoms with Gasteiger partial charge in [-0.2, -0.15) is 0 Å². The van der Waals surface area contributed by atoms with Crippen LogP contribution in [0.4, 0.5) is 0 Å². The Kier molecular flexibility index (Phi) is 3.75. The van der Waals surface area contributed by atoms with Gasteiger partial charge in [0.1, 0.15) is 5.76 Å². The van der Waals surface area contributed by atoms with Crippen LogP contribution >= 0.6 is 0 Å². The fraction of sp³-hybridized carbons (Fsp3) is 0.727. The Morgan fingerprint density at radius 1 is 1.67 bits per heavy atom. The molecule has 4 nitrogen and oxygen atoms in total. The average molecular weight is 209 g/mol. The van der Waals surface area contributed by atoms with E-state index in [0.29, 0.717) is 5.92 Å². The molecule has 0 spiro atoms. The van der Waals surface area contributed by atoms with Gasteiger partial charge in [0, 0.05) is 25.4 Å². The van der Waals surface area contributed by atoms with Gasteiger partial charge in [-0.3, -0.25) is 0 Å². The third-order valence-electron chi connectivity index (χ3n) is 2.84. The molecule has 2 rings (SSSR count). The van der Waals surface area contributed by atoms with Crippen LogP contribution in [0.15, 0.2) is 10.6 Å². The molecule has 84 valence electrons. The van der Waals surface area contributed by atoms with Gasteiger partial charge in [-0.15, -0.1) is 0 Å². The molecule has 1 saturated heterocycles. The molecule has 0 bridgehead atoms. The van der Waals surface area contributed by atoms with Crippen LogP contribution in [0.5, 0.6) is 0 Å². The van der Waals surface area contributed by atoms with Crippen LogP contribution in [0.25, 0.3) is 0 Å². The minimum atomic E-state index is 0.474. The van der Waals surface area contributed by atoms with Crippen molar-refractivity contribution in [2.24, 2.45) is 0 Å². The molecular formula is C11H19N3O. The van der Waals surface area contributed by atoms with Crippen molar-refractivity contribution in [1.29, 1.82) is 0 Å². The first-order valence-corrected chi connectivity index (χ1v) is 5.70. The number of likely N-dealkylation sites (N-methyl/N-ethyl adjacent to an activating group) is 1. The minimum Gasteiger partial charge on any atom is -0.445 e. The highest BCUT2D eigenvalue weighted by atomic mass is 16.4. The molecule has 15 heavy (non-hydrogen) atoms. The molecule has 1 unspecified atom stereocenters. The Labute approximate surface area is 90.5 Å². The summed E-state index contributed by atoms with van der Waals surface area (Å²) in [6, 6.07) is 0. The second-order valence-electron chi connectivity index (χ2n) is 4.06. The van der Waals surface area contributed by atoms with Gasteiger partial charge < -0.3 is 15.1 Å². The van der Waals surface area contributed by atoms with Gasteiger partial charge in [0.25, 0.3) is 0 Å². The third kappa shape index (κ3) is 2.79. The zero-order valence-corrected chi connectivity index (χ0v) is 9.25. The first kappa shape index (κ1) is 10.6. The lowest BCUT2D eigenvalue weighted by Crippen LogP contribution is -2.28. The Morgan fingerprint density at radius 2 is 2.60 bits per heavy atom. The smallest absolute Gasteiger partial charge is 0.198 e. The highest BCUT2D eigenvalue weighted by molar-refractivity contribution is 5.01. The summed E-state index contributed by atoms with van der Waals surface area (Å²) in [7, 11) is 1.95. The molecule has 1 atom stereocenters. The second-order valence-corrected chi connectivity index (χ2v) is 4.06. The van der Waals surface area contributed by atoms with Crippen molar-refractivity contribution < 1.29 is 4.42 Å². The summed E-state index contributed by atoms with van der Waals surface area (Å²) in [6.07, 6.45) is 5.20. The summed E-state index contributed by atoms with van der Waals surface area (Å²) < 4.78 is 5.73. The highest BCUT2D eigenvalue weighted by Crippen LogP contribution is 2.22. The number of hydrogen-bond donors (Lipinski definition) is 2. The molecule has 4 heteroatoms. The Balaban J connectivity index is 1.93. The summed E-state index contributed by atoms with van der Waals surface area (Å²) in [5.74, 6) is 2.38. The number of nitrogens with zero attached hydrogens (tertiary/aromatic N) is 1. The SMILES string of the molecule is CNCCc1cnc(C2CCCNC2)o1. The monoisotopic (exact) mass is 209 g/mol. The average Bonchev–Trinajstić information content (AvgIpc) is 2.76. The lowest BCUT2D eigenvalue weighted by atomic mass is 10.00. The topological polar surface area (TPSA) is 50.1 Å². The van der Waals surface area contributed by atoms with Crippen LogP contribution in [0.3, 0.4) is 0 Å². The van der Waals surface area contributed by atoms with E-state index in [1.54, 1.807) is 0 Å². The summed E-state index contributed by atoms with van der Waals surface area (Å²) in [4.78, 5) is 4.36. The van der Waals surface area contributed by atoms with Crippen molar-refractivity contribution in [3.63, 3.8) is 0 Å². The molecule has 0 aliphatic carbocycles. The van der Waals surface area contributed by atoms with Gasteiger partial charge >= 0.3 is 0 Å². The zero-order chi connectivity index (χ0) is 10.5. The second kappa shape index (κ2) is 5.28. The Hall–Kier alpha value is -0.870. The van der Waals surface area contributed by atoms with Crippen molar-refractivity contribution in [3.05, 3.63) is 17.8 Å². The number of piperidine rings is 1. The van der Waals surface area contributed by atoms with Crippen LogP contribution in [0.1, 0.15) is 30.4 Å². The number of hydrogen-bond acceptors (Lipinski definition) is 4. The molecule has 1 aliphatic heterocycles. The lowest BCUT2D eigenvalue weighted by molar-refractivity contribution is 0.363. The van der Waals surface area contributed by atoms with Crippen LogP contribution in [0.2, 0.25) is 0 Å².